The molecule has 0 amide bonds. The quantitative estimate of drug-likeness (QED) is 0.0900. The molecule has 4 aromatic carbocycles. The topological polar surface area (TPSA) is 125 Å². The smallest absolute Gasteiger partial charge is 0.259 e. The molecule has 8 nitrogen and oxygen atoms in total. The Kier molecular flexibility index (Phi) is 14.8. The summed E-state index contributed by atoms with van der Waals surface area (Å²) in [4.78, 5) is 64.4. The van der Waals surface area contributed by atoms with Crippen molar-refractivity contribution in [2.75, 3.05) is 0 Å². The monoisotopic (exact) mass is 886 g/mol. The van der Waals surface area contributed by atoms with Crippen LogP contribution >= 0.6 is 15.9 Å². The number of hydrogen-bond donors (Lipinski definition) is 2. The van der Waals surface area contributed by atoms with Gasteiger partial charge in [0.25, 0.3) is 5.56 Å². The van der Waals surface area contributed by atoms with Crippen LogP contribution in [0.2, 0.25) is 0 Å². The van der Waals surface area contributed by atoms with E-state index in [2.05, 4.69) is 35.9 Å². The van der Waals surface area contributed by atoms with Crippen molar-refractivity contribution in [1.29, 1.82) is 0 Å². The van der Waals surface area contributed by atoms with Gasteiger partial charge < -0.3 is 4.98 Å². The summed E-state index contributed by atoms with van der Waals surface area (Å²) in [6, 6.07) is 28.0. The number of carbonyl (C=O) groups excluding carboxylic acids is 2. The molecule has 0 saturated heterocycles. The van der Waals surface area contributed by atoms with Gasteiger partial charge in [-0.1, -0.05) is 48.0 Å². The molecule has 55 heavy (non-hydrogen) atoms. The minimum absolute atomic E-state index is 0. The summed E-state index contributed by atoms with van der Waals surface area (Å²) in [6.07, 6.45) is 3.95. The third-order valence-corrected chi connectivity index (χ3v) is 9.62. The first-order valence-electron chi connectivity index (χ1n) is 17.0. The molecule has 0 aliphatic carbocycles. The average Bonchev–Trinajstić information content (AvgIpc) is 3.12. The first-order chi connectivity index (χ1) is 25.7. The van der Waals surface area contributed by atoms with Crippen molar-refractivity contribution in [3.05, 3.63) is 167 Å². The van der Waals surface area contributed by atoms with Gasteiger partial charge in [-0.25, -0.2) is 0 Å². The molecule has 0 spiro atoms. The van der Waals surface area contributed by atoms with Gasteiger partial charge in [0.2, 0.25) is 5.78 Å². The molecule has 0 fully saturated rings. The van der Waals surface area contributed by atoms with Crippen LogP contribution in [0.4, 0.5) is 11.4 Å². The van der Waals surface area contributed by atoms with Gasteiger partial charge >= 0.3 is 180 Å². The number of halogens is 1. The first kappa shape index (κ1) is 42.7. The van der Waals surface area contributed by atoms with Crippen molar-refractivity contribution in [1.82, 2.24) is 9.97 Å². The van der Waals surface area contributed by atoms with Crippen molar-refractivity contribution < 1.29 is 42.1 Å². The van der Waals surface area contributed by atoms with Gasteiger partial charge in [-0.3, -0.25) is 14.6 Å². The molecule has 286 valence electrons. The number of nitrogens with one attached hydrogen (secondary N) is 2. The van der Waals surface area contributed by atoms with E-state index in [-0.39, 0.29) is 45.1 Å². The van der Waals surface area contributed by atoms with Crippen LogP contribution < -0.4 is 15.7 Å². The molecule has 2 aromatic heterocycles. The van der Waals surface area contributed by atoms with Crippen LogP contribution in [0.5, 0.6) is 0 Å². The van der Waals surface area contributed by atoms with Crippen LogP contribution in [-0.4, -0.2) is 34.0 Å². The molecule has 2 N–H and O–H groups in total. The van der Waals surface area contributed by atoms with Gasteiger partial charge in [0, 0.05) is 22.8 Å². The van der Waals surface area contributed by atoms with E-state index in [9.17, 15) is 19.2 Å². The Bertz CT molecular complexity index is 2530. The Morgan fingerprint density at radius 1 is 0.673 bits per heavy atom. The Morgan fingerprint density at radius 3 is 1.71 bits per heavy atom. The Hall–Kier alpha value is -5.05. The number of pyridine rings is 2. The minimum Gasteiger partial charge on any atom is -0.321 e. The Morgan fingerprint density at radius 2 is 1.18 bits per heavy atom. The summed E-state index contributed by atoms with van der Waals surface area (Å²) in [7, 11) is 0. The maximum atomic E-state index is 13.0. The van der Waals surface area contributed by atoms with Crippen LogP contribution in [0.15, 0.2) is 121 Å². The fourth-order valence-corrected chi connectivity index (χ4v) is 7.04. The van der Waals surface area contributed by atoms with E-state index >= 15 is 0 Å². The standard InChI is InChI=1S/C22H18BrN2O2.C22H20N2O2.Cu.Ni/c1-13-9-14(2)21(15(3)10-13)24-12-18(26)20-17(23)11-25-22(27)19(20)16-7-5-4-6-8-16;1-14-11-15(2)21(16(3)12-14)23-13-20(25)18-9-10-19(24-22(18)26)17-7-5-4-6-8-17;;/h4-7,9-12H,1-3H3,(H,25,27);4-13H,1-3H3,(H,24,26);;. The van der Waals surface area contributed by atoms with E-state index in [0.717, 1.165) is 50.3 Å². The van der Waals surface area contributed by atoms with Gasteiger partial charge in [-0.15, -0.1) is 0 Å². The summed E-state index contributed by atoms with van der Waals surface area (Å²) in [5, 5.41) is 0. The van der Waals surface area contributed by atoms with Crippen molar-refractivity contribution in [2.45, 2.75) is 41.5 Å². The number of aliphatic imine (C=N–C) groups is 2. The number of nitrogens with zero attached hydrogens (tertiary/aromatic N) is 2. The molecule has 0 unspecified atom stereocenters. The second-order valence-electron chi connectivity index (χ2n) is 12.9. The van der Waals surface area contributed by atoms with Crippen molar-refractivity contribution in [2.24, 2.45) is 9.98 Å². The maximum Gasteiger partial charge on any atom is 0.259 e. The van der Waals surface area contributed by atoms with Crippen LogP contribution in [-0.2, 0) is 32.5 Å². The second kappa shape index (κ2) is 19.0. The minimum atomic E-state index is -0.417. The van der Waals surface area contributed by atoms with E-state index in [1.54, 1.807) is 36.4 Å². The van der Waals surface area contributed by atoms with E-state index in [0.29, 0.717) is 20.3 Å². The summed E-state index contributed by atoms with van der Waals surface area (Å²) >= 11 is 8.40. The van der Waals surface area contributed by atoms with Crippen molar-refractivity contribution in [3.63, 3.8) is 0 Å². The molecular formula is C44H38BrCuN4NiO4. The van der Waals surface area contributed by atoms with Crippen LogP contribution in [0.25, 0.3) is 22.4 Å². The molecule has 2 heterocycles. The number of H-pyrrole nitrogens is 2. The van der Waals surface area contributed by atoms with Crippen LogP contribution in [0.1, 0.15) is 54.1 Å². The van der Waals surface area contributed by atoms with Gasteiger partial charge in [0.1, 0.15) is 0 Å². The van der Waals surface area contributed by atoms with Gasteiger partial charge in [0.15, 0.2) is 0 Å². The molecule has 1 radical (unpaired) electrons. The fourth-order valence-electron chi connectivity index (χ4n) is 6.24. The number of benzene rings is 4. The second-order valence-corrected chi connectivity index (χ2v) is 14.3. The number of Topliss-reactive ketones (excluding diaryl/α,β-unsaturated/α-hetero) is 2. The van der Waals surface area contributed by atoms with E-state index in [4.69, 9.17) is 15.5 Å². The largest absolute Gasteiger partial charge is 0.321 e. The number of rotatable bonds is 8. The molecule has 0 saturated carbocycles. The molecule has 0 bridgehead atoms. The third kappa shape index (κ3) is 10.4. The molecule has 0 atom stereocenters. The SMILES string of the molecule is Cc1cc(C)c(N=CC(=O)c2c(Br)c[nH]c(=O)c2-c2cccc[c]2[Ni])c(C)c1.Cc1cc(C)c(N=CC(=O)c2ccc(-c3ccccc3)[nH]c2=O)c(C)c1.[Cu]. The summed E-state index contributed by atoms with van der Waals surface area (Å²) in [5.41, 5.74) is 9.72. The predicted octanol–water partition coefficient (Wildman–Crippen LogP) is 9.04. The van der Waals surface area contributed by atoms with Crippen LogP contribution in [0, 0.1) is 41.5 Å². The number of carbonyl (C=O) groups is 2. The van der Waals surface area contributed by atoms with Crippen molar-refractivity contribution >= 4 is 55.8 Å². The average molecular weight is 889 g/mol. The number of aromatic amines is 2. The zero-order valence-corrected chi connectivity index (χ0v) is 34.4. The van der Waals surface area contributed by atoms with E-state index < -0.39 is 11.3 Å². The number of ketones is 2. The summed E-state index contributed by atoms with van der Waals surface area (Å²) in [5.74, 6) is -0.777. The summed E-state index contributed by atoms with van der Waals surface area (Å²) < 4.78 is 1.03. The molecule has 0 aliphatic heterocycles. The van der Waals surface area contributed by atoms with Crippen molar-refractivity contribution in [3.8, 4) is 22.4 Å². The zero-order valence-electron chi connectivity index (χ0n) is 30.9. The maximum absolute atomic E-state index is 13.0. The van der Waals surface area contributed by atoms with E-state index in [1.807, 2.05) is 96.1 Å². The number of aromatic nitrogens is 2. The predicted molar refractivity (Wildman–Crippen MR) is 219 cm³/mol. The number of aryl methyl sites for hydroxylation is 6. The molecule has 6 rings (SSSR count). The molecular weight excluding hydrogens is 851 g/mol. The molecule has 6 aromatic rings. The van der Waals surface area contributed by atoms with E-state index in [1.165, 1.54) is 18.6 Å². The van der Waals surface area contributed by atoms with Crippen LogP contribution in [0.3, 0.4) is 0 Å². The molecule has 0 aliphatic rings. The van der Waals surface area contributed by atoms with Gasteiger partial charge in [0.05, 0.1) is 17.5 Å². The first-order valence-corrected chi connectivity index (χ1v) is 18.3. The Labute approximate surface area is 346 Å². The zero-order chi connectivity index (χ0) is 39.1. The molecule has 11 heteroatoms. The van der Waals surface area contributed by atoms with Gasteiger partial charge in [-0.05, 0) is 49.6 Å². The third-order valence-electron chi connectivity index (χ3n) is 8.56. The number of hydrogen-bond acceptors (Lipinski definition) is 6. The van der Waals surface area contributed by atoms with Gasteiger partial charge in [-0.2, -0.15) is 0 Å². The fraction of sp³-hybridized carbons (Fsp3) is 0.136. The normalized spacial score (nSPS) is 10.9. The summed E-state index contributed by atoms with van der Waals surface area (Å²) in [6.45, 7) is 11.9. The Balaban J connectivity index is 0.000000241.